The number of thiazole rings is 1. The van der Waals surface area contributed by atoms with Crippen LogP contribution in [0.1, 0.15) is 10.4 Å². The Labute approximate surface area is 170 Å². The maximum atomic E-state index is 13.0. The number of benzene rings is 1. The molecule has 0 saturated carbocycles. The first kappa shape index (κ1) is 18.3. The Balaban J connectivity index is 1.68. The lowest BCUT2D eigenvalue weighted by atomic mass is 10.2. The van der Waals surface area contributed by atoms with Gasteiger partial charge in [0.1, 0.15) is 5.75 Å². The van der Waals surface area contributed by atoms with E-state index in [4.69, 9.17) is 4.74 Å². The van der Waals surface area contributed by atoms with Crippen LogP contribution in [0.3, 0.4) is 0 Å². The average molecular weight is 408 g/mol. The van der Waals surface area contributed by atoms with Crippen molar-refractivity contribution < 1.29 is 9.53 Å². The fraction of sp³-hybridized carbons (Fsp3) is 0.0952. The summed E-state index contributed by atoms with van der Waals surface area (Å²) in [6, 6.07) is 13.5. The molecule has 0 aliphatic heterocycles. The van der Waals surface area contributed by atoms with Crippen LogP contribution in [0.15, 0.2) is 66.3 Å². The van der Waals surface area contributed by atoms with Gasteiger partial charge in [-0.25, -0.2) is 4.98 Å². The lowest BCUT2D eigenvalue weighted by molar-refractivity contribution is -0.114. The van der Waals surface area contributed by atoms with Gasteiger partial charge in [0, 0.05) is 23.3 Å². The van der Waals surface area contributed by atoms with E-state index >= 15 is 0 Å². The van der Waals surface area contributed by atoms with Crippen LogP contribution in [0.5, 0.6) is 5.75 Å². The fourth-order valence-corrected chi connectivity index (χ4v) is 4.29. The number of anilines is 1. The summed E-state index contributed by atoms with van der Waals surface area (Å²) in [6.07, 6.45) is 6.88. The average Bonchev–Trinajstić information content (AvgIpc) is 3.39. The molecule has 140 valence electrons. The molecule has 1 aromatic carbocycles. The Morgan fingerprint density at radius 2 is 2.07 bits per heavy atom. The molecule has 3 heterocycles. The molecular weight excluding hydrogens is 390 g/mol. The van der Waals surface area contributed by atoms with Gasteiger partial charge in [-0.05, 0) is 53.4 Å². The fourth-order valence-electron chi connectivity index (χ4n) is 2.68. The molecule has 0 bridgehead atoms. The highest BCUT2D eigenvalue weighted by Gasteiger charge is 2.18. The second kappa shape index (κ2) is 8.33. The topological polar surface area (TPSA) is 55.3 Å². The van der Waals surface area contributed by atoms with Crippen LogP contribution in [0.4, 0.5) is 5.13 Å². The van der Waals surface area contributed by atoms with Crippen molar-refractivity contribution in [3.05, 3.63) is 76.8 Å². The Morgan fingerprint density at radius 3 is 2.82 bits per heavy atom. The number of amides is 1. The van der Waals surface area contributed by atoms with Gasteiger partial charge in [-0.3, -0.25) is 14.7 Å². The van der Waals surface area contributed by atoms with Crippen molar-refractivity contribution in [2.45, 2.75) is 6.54 Å². The maximum Gasteiger partial charge on any atom is 0.253 e. The van der Waals surface area contributed by atoms with Crippen LogP contribution >= 0.6 is 22.7 Å². The largest absolute Gasteiger partial charge is 0.497 e. The van der Waals surface area contributed by atoms with Gasteiger partial charge in [0.2, 0.25) is 0 Å². The van der Waals surface area contributed by atoms with Gasteiger partial charge in [0.15, 0.2) is 5.13 Å². The van der Waals surface area contributed by atoms with Gasteiger partial charge in [-0.1, -0.05) is 17.4 Å². The van der Waals surface area contributed by atoms with E-state index in [2.05, 4.69) is 9.97 Å². The standard InChI is InChI=1S/C21H17N3O2S2/c1-26-16-4-6-18-19(13-16)28-21(23-18)24(14-15-8-10-22-11-9-15)20(25)7-5-17-3-2-12-27-17/h2-13H,14H2,1H3/b7-5+. The van der Waals surface area contributed by atoms with E-state index < -0.39 is 0 Å². The molecule has 5 nitrogen and oxygen atoms in total. The monoisotopic (exact) mass is 407 g/mol. The number of pyridine rings is 1. The second-order valence-electron chi connectivity index (χ2n) is 5.96. The summed E-state index contributed by atoms with van der Waals surface area (Å²) >= 11 is 3.06. The van der Waals surface area contributed by atoms with Crippen LogP contribution in [-0.4, -0.2) is 23.0 Å². The van der Waals surface area contributed by atoms with Gasteiger partial charge >= 0.3 is 0 Å². The number of hydrogen-bond acceptors (Lipinski definition) is 6. The summed E-state index contributed by atoms with van der Waals surface area (Å²) in [5, 5.41) is 2.64. The highest BCUT2D eigenvalue weighted by molar-refractivity contribution is 7.22. The Morgan fingerprint density at radius 1 is 1.21 bits per heavy atom. The zero-order chi connectivity index (χ0) is 19.3. The summed E-state index contributed by atoms with van der Waals surface area (Å²) in [5.41, 5.74) is 1.83. The minimum absolute atomic E-state index is 0.115. The van der Waals surface area contributed by atoms with Gasteiger partial charge < -0.3 is 4.74 Å². The molecule has 28 heavy (non-hydrogen) atoms. The summed E-state index contributed by atoms with van der Waals surface area (Å²) in [7, 11) is 1.64. The number of nitrogens with zero attached hydrogens (tertiary/aromatic N) is 3. The van der Waals surface area contributed by atoms with E-state index in [9.17, 15) is 4.79 Å². The van der Waals surface area contributed by atoms with Crippen molar-refractivity contribution in [1.29, 1.82) is 0 Å². The number of fused-ring (bicyclic) bond motifs is 1. The summed E-state index contributed by atoms with van der Waals surface area (Å²) in [5.74, 6) is 0.656. The second-order valence-corrected chi connectivity index (χ2v) is 7.95. The van der Waals surface area contributed by atoms with E-state index in [1.54, 1.807) is 41.8 Å². The van der Waals surface area contributed by atoms with Gasteiger partial charge in [0.05, 0.1) is 23.9 Å². The molecule has 1 amide bonds. The van der Waals surface area contributed by atoms with Crippen LogP contribution in [-0.2, 0) is 11.3 Å². The number of aromatic nitrogens is 2. The minimum atomic E-state index is -0.115. The van der Waals surface area contributed by atoms with Crippen molar-refractivity contribution in [2.75, 3.05) is 12.0 Å². The Bertz CT molecular complexity index is 1110. The molecule has 4 rings (SSSR count). The van der Waals surface area contributed by atoms with Crippen LogP contribution < -0.4 is 9.64 Å². The quantitative estimate of drug-likeness (QED) is 0.422. The van der Waals surface area contributed by atoms with Crippen molar-refractivity contribution in [2.24, 2.45) is 0 Å². The van der Waals surface area contributed by atoms with E-state index in [-0.39, 0.29) is 5.91 Å². The molecule has 0 spiro atoms. The lowest BCUT2D eigenvalue weighted by Crippen LogP contribution is -2.28. The van der Waals surface area contributed by atoms with E-state index in [1.165, 1.54) is 11.3 Å². The number of thiophene rings is 1. The lowest BCUT2D eigenvalue weighted by Gasteiger charge is -2.18. The van der Waals surface area contributed by atoms with Gasteiger partial charge in [-0.15, -0.1) is 11.3 Å². The van der Waals surface area contributed by atoms with Gasteiger partial charge in [-0.2, -0.15) is 0 Å². The first-order valence-electron chi connectivity index (χ1n) is 8.59. The van der Waals surface area contributed by atoms with Crippen molar-refractivity contribution in [1.82, 2.24) is 9.97 Å². The van der Waals surface area contributed by atoms with Crippen molar-refractivity contribution in [3.8, 4) is 5.75 Å². The number of rotatable bonds is 6. The SMILES string of the molecule is COc1ccc2nc(N(Cc3ccncc3)C(=O)/C=C/c3cccs3)sc2c1. The molecule has 0 fully saturated rings. The third-order valence-electron chi connectivity index (χ3n) is 4.10. The van der Waals surface area contributed by atoms with Crippen molar-refractivity contribution in [3.63, 3.8) is 0 Å². The predicted octanol–water partition coefficient (Wildman–Crippen LogP) is 5.01. The maximum absolute atomic E-state index is 13.0. The van der Waals surface area contributed by atoms with Crippen molar-refractivity contribution >= 4 is 50.0 Å². The van der Waals surface area contributed by atoms with Crippen LogP contribution in [0.25, 0.3) is 16.3 Å². The number of ether oxygens (including phenoxy) is 1. The highest BCUT2D eigenvalue weighted by atomic mass is 32.1. The normalized spacial score (nSPS) is 11.2. The molecule has 7 heteroatoms. The number of carbonyl (C=O) groups excluding carboxylic acids is 1. The summed E-state index contributed by atoms with van der Waals surface area (Å²) in [6.45, 7) is 0.424. The number of hydrogen-bond donors (Lipinski definition) is 0. The summed E-state index contributed by atoms with van der Waals surface area (Å²) in [4.78, 5) is 24.5. The molecule has 3 aromatic heterocycles. The third kappa shape index (κ3) is 4.11. The number of methoxy groups -OCH3 is 1. The summed E-state index contributed by atoms with van der Waals surface area (Å²) < 4.78 is 6.27. The molecule has 0 unspecified atom stereocenters. The molecular formula is C21H17N3O2S2. The third-order valence-corrected chi connectivity index (χ3v) is 5.98. The predicted molar refractivity (Wildman–Crippen MR) is 115 cm³/mol. The highest BCUT2D eigenvalue weighted by Crippen LogP contribution is 2.32. The number of carbonyl (C=O) groups is 1. The van der Waals surface area contributed by atoms with E-state index in [0.717, 1.165) is 26.4 Å². The molecule has 0 aliphatic rings. The molecule has 0 N–H and O–H groups in total. The molecule has 0 aliphatic carbocycles. The zero-order valence-corrected chi connectivity index (χ0v) is 16.7. The first-order chi connectivity index (χ1) is 13.7. The van der Waals surface area contributed by atoms with E-state index in [1.807, 2.05) is 53.9 Å². The molecule has 0 atom stereocenters. The Kier molecular flexibility index (Phi) is 5.45. The van der Waals surface area contributed by atoms with Crippen LogP contribution in [0.2, 0.25) is 0 Å². The first-order valence-corrected chi connectivity index (χ1v) is 10.3. The molecule has 4 aromatic rings. The smallest absolute Gasteiger partial charge is 0.253 e. The van der Waals surface area contributed by atoms with Crippen LogP contribution in [0, 0.1) is 0 Å². The Hall–Kier alpha value is -3.03. The molecule has 0 radical (unpaired) electrons. The van der Waals surface area contributed by atoms with E-state index in [0.29, 0.717) is 11.7 Å². The zero-order valence-electron chi connectivity index (χ0n) is 15.1. The minimum Gasteiger partial charge on any atom is -0.497 e. The van der Waals surface area contributed by atoms with Gasteiger partial charge in [0.25, 0.3) is 5.91 Å². The molecule has 0 saturated heterocycles.